The van der Waals surface area contributed by atoms with E-state index in [0.717, 1.165) is 12.8 Å². The van der Waals surface area contributed by atoms with E-state index >= 15 is 0 Å². The van der Waals surface area contributed by atoms with Crippen molar-refractivity contribution in [1.29, 1.82) is 0 Å². The predicted octanol–water partition coefficient (Wildman–Crippen LogP) is 2.80. The second-order valence-electron chi connectivity index (χ2n) is 4.01. The van der Waals surface area contributed by atoms with Gasteiger partial charge in [-0.3, -0.25) is 0 Å². The molecule has 2 N–H and O–H groups in total. The Hall–Kier alpha value is -1.42. The summed E-state index contributed by atoms with van der Waals surface area (Å²) in [7, 11) is 0. The number of hydrogen-bond acceptors (Lipinski definition) is 2. The van der Waals surface area contributed by atoms with Crippen molar-refractivity contribution in [2.75, 3.05) is 0 Å². The zero-order valence-corrected chi connectivity index (χ0v) is 10.2. The lowest BCUT2D eigenvalue weighted by Crippen LogP contribution is -2.27. The minimum atomic E-state index is -1.03. The third kappa shape index (κ3) is 3.82. The smallest absolute Gasteiger partial charge is 0.335 e. The Morgan fingerprint density at radius 3 is 2.59 bits per heavy atom. The van der Waals surface area contributed by atoms with Crippen LogP contribution < -0.4 is 5.32 Å². The zero-order chi connectivity index (χ0) is 12.8. The van der Waals surface area contributed by atoms with Gasteiger partial charge in [-0.15, -0.1) is 0 Å². The molecule has 0 radical (unpaired) electrons. The maximum Gasteiger partial charge on any atom is 0.335 e. The van der Waals surface area contributed by atoms with Crippen LogP contribution in [0.25, 0.3) is 0 Å². The van der Waals surface area contributed by atoms with Crippen LogP contribution in [-0.2, 0) is 6.54 Å². The summed E-state index contributed by atoms with van der Waals surface area (Å²) in [5.74, 6) is -1.40. The van der Waals surface area contributed by atoms with E-state index in [9.17, 15) is 9.18 Å². The summed E-state index contributed by atoms with van der Waals surface area (Å²) in [6.45, 7) is 4.48. The number of rotatable bonds is 6. The van der Waals surface area contributed by atoms with Gasteiger partial charge in [0, 0.05) is 18.2 Å². The quantitative estimate of drug-likeness (QED) is 0.802. The van der Waals surface area contributed by atoms with Crippen LogP contribution >= 0.6 is 0 Å². The first-order valence-electron chi connectivity index (χ1n) is 5.83. The lowest BCUT2D eigenvalue weighted by molar-refractivity contribution is 0.0696. The van der Waals surface area contributed by atoms with Crippen molar-refractivity contribution in [1.82, 2.24) is 5.32 Å². The standard InChI is InChI=1S/C13H18FNO2/c1-3-11(4-2)15-8-10-7-9(13(16)17)5-6-12(10)14/h5-7,11,15H,3-4,8H2,1-2H3,(H,16,17). The molecule has 0 atom stereocenters. The molecule has 1 aromatic carbocycles. The molecule has 0 fully saturated rings. The highest BCUT2D eigenvalue weighted by Crippen LogP contribution is 2.11. The maximum absolute atomic E-state index is 13.5. The van der Waals surface area contributed by atoms with E-state index in [1.807, 2.05) is 0 Å². The molecular formula is C13H18FNO2. The van der Waals surface area contributed by atoms with Gasteiger partial charge in [-0.05, 0) is 31.0 Å². The highest BCUT2D eigenvalue weighted by molar-refractivity contribution is 5.87. The second-order valence-corrected chi connectivity index (χ2v) is 4.01. The highest BCUT2D eigenvalue weighted by atomic mass is 19.1. The van der Waals surface area contributed by atoms with Gasteiger partial charge in [-0.1, -0.05) is 13.8 Å². The fourth-order valence-corrected chi connectivity index (χ4v) is 1.67. The Balaban J connectivity index is 2.75. The van der Waals surface area contributed by atoms with Gasteiger partial charge in [0.25, 0.3) is 0 Å². The van der Waals surface area contributed by atoms with Crippen molar-refractivity contribution >= 4 is 5.97 Å². The molecule has 94 valence electrons. The molecule has 1 aromatic rings. The van der Waals surface area contributed by atoms with Crippen LogP contribution in [0.2, 0.25) is 0 Å². The summed E-state index contributed by atoms with van der Waals surface area (Å²) in [6.07, 6.45) is 1.94. The molecule has 0 unspecified atom stereocenters. The maximum atomic E-state index is 13.5. The topological polar surface area (TPSA) is 49.3 Å². The lowest BCUT2D eigenvalue weighted by atomic mass is 10.1. The van der Waals surface area contributed by atoms with Crippen LogP contribution in [0.3, 0.4) is 0 Å². The molecule has 0 aliphatic rings. The Bertz CT molecular complexity index is 389. The van der Waals surface area contributed by atoms with Crippen LogP contribution in [0.15, 0.2) is 18.2 Å². The summed E-state index contributed by atoms with van der Waals surface area (Å²) in [5.41, 5.74) is 0.518. The van der Waals surface area contributed by atoms with Gasteiger partial charge < -0.3 is 10.4 Å². The second kappa shape index (κ2) is 6.35. The van der Waals surface area contributed by atoms with Crippen LogP contribution in [-0.4, -0.2) is 17.1 Å². The largest absolute Gasteiger partial charge is 0.478 e. The Labute approximate surface area is 101 Å². The van der Waals surface area contributed by atoms with Crippen molar-refractivity contribution in [2.24, 2.45) is 0 Å². The summed E-state index contributed by atoms with van der Waals surface area (Å²) in [6, 6.07) is 4.20. The minimum absolute atomic E-state index is 0.118. The summed E-state index contributed by atoms with van der Waals surface area (Å²) in [4.78, 5) is 10.8. The molecule has 0 heterocycles. The van der Waals surface area contributed by atoms with Crippen LogP contribution in [0.4, 0.5) is 4.39 Å². The molecular weight excluding hydrogens is 221 g/mol. The van der Waals surface area contributed by atoms with E-state index in [4.69, 9.17) is 5.11 Å². The molecule has 4 heteroatoms. The van der Waals surface area contributed by atoms with Crippen molar-refractivity contribution in [2.45, 2.75) is 39.3 Å². The average Bonchev–Trinajstić information content (AvgIpc) is 2.32. The van der Waals surface area contributed by atoms with Gasteiger partial charge in [0.2, 0.25) is 0 Å². The molecule has 0 bridgehead atoms. The zero-order valence-electron chi connectivity index (χ0n) is 10.2. The van der Waals surface area contributed by atoms with Crippen LogP contribution in [0.1, 0.15) is 42.6 Å². The monoisotopic (exact) mass is 239 g/mol. The molecule has 0 aromatic heterocycles. The van der Waals surface area contributed by atoms with E-state index in [0.29, 0.717) is 18.2 Å². The van der Waals surface area contributed by atoms with E-state index < -0.39 is 5.97 Å². The van der Waals surface area contributed by atoms with E-state index in [-0.39, 0.29) is 11.4 Å². The molecule has 0 saturated heterocycles. The summed E-state index contributed by atoms with van der Waals surface area (Å²) >= 11 is 0. The van der Waals surface area contributed by atoms with Crippen molar-refractivity contribution in [3.8, 4) is 0 Å². The lowest BCUT2D eigenvalue weighted by Gasteiger charge is -2.15. The molecule has 0 aliphatic heterocycles. The van der Waals surface area contributed by atoms with Gasteiger partial charge in [-0.25, -0.2) is 9.18 Å². The van der Waals surface area contributed by atoms with Gasteiger partial charge in [0.1, 0.15) is 5.82 Å². The number of carboxylic acid groups (broad SMARTS) is 1. The van der Waals surface area contributed by atoms with Crippen LogP contribution in [0, 0.1) is 5.82 Å². The number of nitrogens with one attached hydrogen (secondary N) is 1. The number of halogens is 1. The molecule has 17 heavy (non-hydrogen) atoms. The first-order valence-corrected chi connectivity index (χ1v) is 5.83. The number of aromatic carboxylic acids is 1. The normalized spacial score (nSPS) is 10.8. The SMILES string of the molecule is CCC(CC)NCc1cc(C(=O)O)ccc1F. The average molecular weight is 239 g/mol. The number of carbonyl (C=O) groups is 1. The fourth-order valence-electron chi connectivity index (χ4n) is 1.67. The molecule has 0 saturated carbocycles. The molecule has 0 aliphatic carbocycles. The third-order valence-electron chi connectivity index (χ3n) is 2.86. The van der Waals surface area contributed by atoms with Gasteiger partial charge in [0.15, 0.2) is 0 Å². The third-order valence-corrected chi connectivity index (χ3v) is 2.86. The predicted molar refractivity (Wildman–Crippen MR) is 64.6 cm³/mol. The summed E-state index contributed by atoms with van der Waals surface area (Å²) < 4.78 is 13.5. The minimum Gasteiger partial charge on any atom is -0.478 e. The Morgan fingerprint density at radius 2 is 2.06 bits per heavy atom. The molecule has 0 spiro atoms. The number of carboxylic acids is 1. The van der Waals surface area contributed by atoms with Crippen LogP contribution in [0.5, 0.6) is 0 Å². The van der Waals surface area contributed by atoms with Gasteiger partial charge in [0.05, 0.1) is 5.56 Å². The number of hydrogen-bond donors (Lipinski definition) is 2. The molecule has 3 nitrogen and oxygen atoms in total. The van der Waals surface area contributed by atoms with Gasteiger partial charge >= 0.3 is 5.97 Å². The highest BCUT2D eigenvalue weighted by Gasteiger charge is 2.09. The molecule has 0 amide bonds. The first-order chi connectivity index (χ1) is 8.08. The van der Waals surface area contributed by atoms with E-state index in [1.54, 1.807) is 0 Å². The first kappa shape index (κ1) is 13.6. The molecule has 1 rings (SSSR count). The van der Waals surface area contributed by atoms with E-state index in [2.05, 4.69) is 19.2 Å². The number of benzene rings is 1. The van der Waals surface area contributed by atoms with Gasteiger partial charge in [-0.2, -0.15) is 0 Å². The Morgan fingerprint density at radius 1 is 1.41 bits per heavy atom. The van der Waals surface area contributed by atoms with Crippen molar-refractivity contribution < 1.29 is 14.3 Å². The van der Waals surface area contributed by atoms with Crippen molar-refractivity contribution in [3.05, 3.63) is 35.1 Å². The Kier molecular flexibility index (Phi) is 5.10. The summed E-state index contributed by atoms with van der Waals surface area (Å²) in [5, 5.41) is 12.0. The van der Waals surface area contributed by atoms with Crippen molar-refractivity contribution in [3.63, 3.8) is 0 Å². The fraction of sp³-hybridized carbons (Fsp3) is 0.462. The van der Waals surface area contributed by atoms with E-state index in [1.165, 1.54) is 18.2 Å².